The fourth-order valence-electron chi connectivity index (χ4n) is 2.87. The molecule has 2 N–H and O–H groups in total. The Kier molecular flexibility index (Phi) is 4.01. The summed E-state index contributed by atoms with van der Waals surface area (Å²) in [5.41, 5.74) is -0.815. The Morgan fingerprint density at radius 1 is 1.41 bits per heavy atom. The van der Waals surface area contributed by atoms with Crippen LogP contribution < -0.4 is 5.32 Å². The lowest BCUT2D eigenvalue weighted by molar-refractivity contribution is -0.150. The zero-order chi connectivity index (χ0) is 12.3. The molecule has 2 aliphatic rings. The molecule has 2 rings (SSSR count). The summed E-state index contributed by atoms with van der Waals surface area (Å²) < 4.78 is 10.7. The molecule has 0 amide bonds. The molecule has 2 fully saturated rings. The van der Waals surface area contributed by atoms with Gasteiger partial charge in [0.05, 0.1) is 6.10 Å². The van der Waals surface area contributed by atoms with Crippen molar-refractivity contribution in [3.63, 3.8) is 0 Å². The number of hydrogen-bond donors (Lipinski definition) is 2. The van der Waals surface area contributed by atoms with Gasteiger partial charge in [0.2, 0.25) is 0 Å². The molecule has 0 aromatic carbocycles. The number of aliphatic carboxylic acids is 1. The van der Waals surface area contributed by atoms with Crippen LogP contribution in [0.25, 0.3) is 0 Å². The van der Waals surface area contributed by atoms with Crippen molar-refractivity contribution in [2.45, 2.75) is 49.8 Å². The van der Waals surface area contributed by atoms with Crippen LogP contribution in [0.5, 0.6) is 0 Å². The summed E-state index contributed by atoms with van der Waals surface area (Å²) in [6.45, 7) is 1.04. The first-order valence-corrected chi connectivity index (χ1v) is 6.29. The molecule has 0 bridgehead atoms. The second-order valence-electron chi connectivity index (χ2n) is 4.96. The number of carboxylic acid groups (broad SMARTS) is 1. The van der Waals surface area contributed by atoms with Crippen LogP contribution in [0, 0.1) is 0 Å². The Labute approximate surface area is 101 Å². The van der Waals surface area contributed by atoms with E-state index >= 15 is 0 Å². The van der Waals surface area contributed by atoms with Crippen LogP contribution in [0.2, 0.25) is 0 Å². The smallest absolute Gasteiger partial charge is 0.324 e. The average molecular weight is 243 g/mol. The van der Waals surface area contributed by atoms with Gasteiger partial charge in [-0.15, -0.1) is 0 Å². The summed E-state index contributed by atoms with van der Waals surface area (Å²) in [5, 5.41) is 12.8. The van der Waals surface area contributed by atoms with Gasteiger partial charge < -0.3 is 14.6 Å². The van der Waals surface area contributed by atoms with E-state index in [2.05, 4.69) is 5.32 Å². The molecule has 1 saturated heterocycles. The van der Waals surface area contributed by atoms with Gasteiger partial charge in [0.25, 0.3) is 0 Å². The van der Waals surface area contributed by atoms with Crippen LogP contribution in [-0.2, 0) is 14.3 Å². The first kappa shape index (κ1) is 12.8. The fourth-order valence-corrected chi connectivity index (χ4v) is 2.87. The summed E-state index contributed by atoms with van der Waals surface area (Å²) in [7, 11) is 1.70. The molecule has 5 nitrogen and oxygen atoms in total. The summed E-state index contributed by atoms with van der Waals surface area (Å²) in [6, 6.07) is 0.161. The minimum atomic E-state index is -0.815. The lowest BCUT2D eigenvalue weighted by Crippen LogP contribution is -2.60. The molecule has 1 heterocycles. The molecule has 0 radical (unpaired) electrons. The van der Waals surface area contributed by atoms with Crippen molar-refractivity contribution in [3.8, 4) is 0 Å². The highest BCUT2D eigenvalue weighted by molar-refractivity contribution is 5.79. The molecule has 0 aromatic rings. The highest BCUT2D eigenvalue weighted by atomic mass is 16.5. The largest absolute Gasteiger partial charge is 0.480 e. The maximum atomic E-state index is 11.5. The Morgan fingerprint density at radius 2 is 2.12 bits per heavy atom. The van der Waals surface area contributed by atoms with E-state index < -0.39 is 11.5 Å². The van der Waals surface area contributed by atoms with Crippen LogP contribution in [0.1, 0.15) is 32.1 Å². The average Bonchev–Trinajstić information content (AvgIpc) is 2.77. The number of carbonyl (C=O) groups is 1. The van der Waals surface area contributed by atoms with Gasteiger partial charge in [-0.2, -0.15) is 0 Å². The van der Waals surface area contributed by atoms with Crippen LogP contribution in [0.4, 0.5) is 0 Å². The fraction of sp³-hybridized carbons (Fsp3) is 0.917. The Hall–Kier alpha value is -0.650. The SMILES string of the molecule is COC1CCCC1NC1(C(=O)O)CCOCC1. The lowest BCUT2D eigenvalue weighted by atomic mass is 9.88. The molecule has 1 aliphatic heterocycles. The number of rotatable bonds is 4. The number of ether oxygens (including phenoxy) is 2. The van der Waals surface area contributed by atoms with Gasteiger partial charge in [0.15, 0.2) is 0 Å². The third kappa shape index (κ3) is 2.61. The molecular weight excluding hydrogens is 222 g/mol. The lowest BCUT2D eigenvalue weighted by Gasteiger charge is -2.37. The maximum Gasteiger partial charge on any atom is 0.324 e. The zero-order valence-electron chi connectivity index (χ0n) is 10.3. The van der Waals surface area contributed by atoms with Crippen molar-refractivity contribution in [2.24, 2.45) is 0 Å². The molecule has 1 aliphatic carbocycles. The van der Waals surface area contributed by atoms with Gasteiger partial charge in [-0.3, -0.25) is 10.1 Å². The van der Waals surface area contributed by atoms with Crippen molar-refractivity contribution < 1.29 is 19.4 Å². The molecular formula is C12H21NO4. The van der Waals surface area contributed by atoms with E-state index in [1.54, 1.807) is 7.11 Å². The number of carboxylic acids is 1. The summed E-state index contributed by atoms with van der Waals surface area (Å²) in [6.07, 6.45) is 4.33. The highest BCUT2D eigenvalue weighted by Crippen LogP contribution is 2.28. The van der Waals surface area contributed by atoms with Crippen molar-refractivity contribution >= 4 is 5.97 Å². The van der Waals surface area contributed by atoms with E-state index in [0.29, 0.717) is 26.1 Å². The molecule has 0 spiro atoms. The predicted octanol–water partition coefficient (Wildman–Crippen LogP) is 0.777. The van der Waals surface area contributed by atoms with Gasteiger partial charge >= 0.3 is 5.97 Å². The Morgan fingerprint density at radius 3 is 2.71 bits per heavy atom. The van der Waals surface area contributed by atoms with E-state index in [4.69, 9.17) is 9.47 Å². The van der Waals surface area contributed by atoms with Crippen LogP contribution in [0.3, 0.4) is 0 Å². The molecule has 0 aromatic heterocycles. The normalized spacial score (nSPS) is 32.5. The molecule has 5 heteroatoms. The molecule has 98 valence electrons. The standard InChI is InChI=1S/C12H21NO4/c1-16-10-4-2-3-9(10)13-12(11(14)15)5-7-17-8-6-12/h9-10,13H,2-8H2,1H3,(H,14,15). The summed E-state index contributed by atoms with van der Waals surface area (Å²) in [5.74, 6) is -0.762. The summed E-state index contributed by atoms with van der Waals surface area (Å²) in [4.78, 5) is 11.5. The topological polar surface area (TPSA) is 67.8 Å². The highest BCUT2D eigenvalue weighted by Gasteiger charge is 2.43. The molecule has 17 heavy (non-hydrogen) atoms. The number of nitrogens with one attached hydrogen (secondary N) is 1. The minimum Gasteiger partial charge on any atom is -0.480 e. The van der Waals surface area contributed by atoms with Gasteiger partial charge in [-0.25, -0.2) is 0 Å². The van der Waals surface area contributed by atoms with Crippen LogP contribution in [0.15, 0.2) is 0 Å². The van der Waals surface area contributed by atoms with E-state index in [0.717, 1.165) is 19.3 Å². The monoisotopic (exact) mass is 243 g/mol. The Balaban J connectivity index is 2.04. The van der Waals surface area contributed by atoms with E-state index in [1.807, 2.05) is 0 Å². The predicted molar refractivity (Wildman–Crippen MR) is 62.0 cm³/mol. The van der Waals surface area contributed by atoms with Gasteiger partial charge in [-0.1, -0.05) is 0 Å². The first-order valence-electron chi connectivity index (χ1n) is 6.29. The van der Waals surface area contributed by atoms with E-state index in [9.17, 15) is 9.90 Å². The molecule has 2 atom stereocenters. The molecule has 1 saturated carbocycles. The third-order valence-corrected chi connectivity index (χ3v) is 3.97. The zero-order valence-corrected chi connectivity index (χ0v) is 10.3. The van der Waals surface area contributed by atoms with Crippen LogP contribution in [-0.4, -0.2) is 49.1 Å². The Bertz CT molecular complexity index is 276. The second-order valence-corrected chi connectivity index (χ2v) is 4.96. The van der Waals surface area contributed by atoms with Gasteiger partial charge in [-0.05, 0) is 32.1 Å². The van der Waals surface area contributed by atoms with Gasteiger partial charge in [0.1, 0.15) is 5.54 Å². The van der Waals surface area contributed by atoms with Crippen molar-refractivity contribution in [2.75, 3.05) is 20.3 Å². The van der Waals surface area contributed by atoms with Crippen molar-refractivity contribution in [1.29, 1.82) is 0 Å². The molecule has 2 unspecified atom stereocenters. The van der Waals surface area contributed by atoms with Gasteiger partial charge in [0, 0.05) is 26.4 Å². The van der Waals surface area contributed by atoms with E-state index in [-0.39, 0.29) is 12.1 Å². The van der Waals surface area contributed by atoms with Crippen molar-refractivity contribution in [3.05, 3.63) is 0 Å². The first-order chi connectivity index (χ1) is 8.18. The quantitative estimate of drug-likeness (QED) is 0.763. The second kappa shape index (κ2) is 5.33. The van der Waals surface area contributed by atoms with E-state index in [1.165, 1.54) is 0 Å². The van der Waals surface area contributed by atoms with Crippen molar-refractivity contribution in [1.82, 2.24) is 5.32 Å². The third-order valence-electron chi connectivity index (χ3n) is 3.97. The number of hydrogen-bond acceptors (Lipinski definition) is 4. The maximum absolute atomic E-state index is 11.5. The minimum absolute atomic E-state index is 0.147. The number of methoxy groups -OCH3 is 1. The summed E-state index contributed by atoms with van der Waals surface area (Å²) >= 11 is 0. The van der Waals surface area contributed by atoms with Crippen LogP contribution >= 0.6 is 0 Å².